The second kappa shape index (κ2) is 7.06. The molecule has 0 aliphatic heterocycles. The number of aromatic nitrogens is 1. The highest BCUT2D eigenvalue weighted by Crippen LogP contribution is 2.27. The van der Waals surface area contributed by atoms with Crippen LogP contribution >= 0.6 is 0 Å². The monoisotopic (exact) mass is 330 g/mol. The van der Waals surface area contributed by atoms with Gasteiger partial charge < -0.3 is 9.72 Å². The number of hydrogen-bond acceptors (Lipinski definition) is 3. The molecule has 0 spiro atoms. The van der Waals surface area contributed by atoms with Crippen molar-refractivity contribution in [3.8, 4) is 34.2 Å². The van der Waals surface area contributed by atoms with Gasteiger partial charge in [0.25, 0.3) is 5.56 Å². The fourth-order valence-corrected chi connectivity index (χ4v) is 2.74. The predicted molar refractivity (Wildman–Crippen MR) is 98.6 cm³/mol. The molecule has 0 aliphatic rings. The third-order valence-electron chi connectivity index (χ3n) is 4.22. The van der Waals surface area contributed by atoms with E-state index >= 15 is 0 Å². The first-order valence-electron chi connectivity index (χ1n) is 8.07. The molecule has 2 aromatic carbocycles. The van der Waals surface area contributed by atoms with Crippen molar-refractivity contribution < 1.29 is 4.74 Å². The fraction of sp³-hybridized carbons (Fsp3) is 0.143. The molecule has 25 heavy (non-hydrogen) atoms. The second-order valence-electron chi connectivity index (χ2n) is 5.69. The molecule has 0 atom stereocenters. The number of aromatic amines is 1. The molecule has 0 unspecified atom stereocenters. The lowest BCUT2D eigenvalue weighted by atomic mass is 9.98. The van der Waals surface area contributed by atoms with Gasteiger partial charge in [0, 0.05) is 11.3 Å². The van der Waals surface area contributed by atoms with Crippen molar-refractivity contribution in [3.05, 3.63) is 76.1 Å². The predicted octanol–water partition coefficient (Wildman–Crippen LogP) is 4.15. The summed E-state index contributed by atoms with van der Waals surface area (Å²) < 4.78 is 5.17. The van der Waals surface area contributed by atoms with Crippen molar-refractivity contribution in [2.75, 3.05) is 7.11 Å². The zero-order valence-corrected chi connectivity index (χ0v) is 14.2. The van der Waals surface area contributed by atoms with Gasteiger partial charge in [-0.3, -0.25) is 4.79 Å². The van der Waals surface area contributed by atoms with Crippen molar-refractivity contribution in [3.63, 3.8) is 0 Å². The van der Waals surface area contributed by atoms with Gasteiger partial charge in [0.15, 0.2) is 0 Å². The molecular weight excluding hydrogens is 312 g/mol. The van der Waals surface area contributed by atoms with E-state index in [0.717, 1.165) is 23.3 Å². The average Bonchev–Trinajstić information content (AvgIpc) is 2.67. The number of nitrogens with one attached hydrogen (secondary N) is 1. The van der Waals surface area contributed by atoms with Gasteiger partial charge >= 0.3 is 0 Å². The van der Waals surface area contributed by atoms with E-state index in [-0.39, 0.29) is 11.1 Å². The molecule has 1 heterocycles. The van der Waals surface area contributed by atoms with E-state index in [1.54, 1.807) is 7.11 Å². The lowest BCUT2D eigenvalue weighted by molar-refractivity contribution is 0.415. The van der Waals surface area contributed by atoms with Crippen LogP contribution in [0.3, 0.4) is 0 Å². The van der Waals surface area contributed by atoms with Crippen molar-refractivity contribution in [2.24, 2.45) is 0 Å². The van der Waals surface area contributed by atoms with Crippen LogP contribution in [-0.2, 0) is 6.42 Å². The van der Waals surface area contributed by atoms with Gasteiger partial charge in [0.2, 0.25) is 0 Å². The molecular formula is C21H18N2O2. The molecule has 4 nitrogen and oxygen atoms in total. The van der Waals surface area contributed by atoms with Crippen LogP contribution in [0.2, 0.25) is 0 Å². The average molecular weight is 330 g/mol. The van der Waals surface area contributed by atoms with Crippen molar-refractivity contribution in [1.82, 2.24) is 4.98 Å². The SMILES string of the molecule is CCc1ccc(-c2cc(-c3ccc(OC)cc3)[nH]c(=O)c2C#N)cc1. The molecule has 3 aromatic rings. The molecule has 1 aromatic heterocycles. The molecule has 0 amide bonds. The quantitative estimate of drug-likeness (QED) is 0.781. The Balaban J connectivity index is 2.14. The van der Waals surface area contributed by atoms with Gasteiger partial charge in [-0.15, -0.1) is 0 Å². The highest BCUT2D eigenvalue weighted by atomic mass is 16.5. The number of hydrogen-bond donors (Lipinski definition) is 1. The summed E-state index contributed by atoms with van der Waals surface area (Å²) >= 11 is 0. The maximum Gasteiger partial charge on any atom is 0.266 e. The Morgan fingerprint density at radius 1 is 1.04 bits per heavy atom. The first kappa shape index (κ1) is 16.5. The molecule has 124 valence electrons. The minimum absolute atomic E-state index is 0.126. The maximum atomic E-state index is 12.4. The summed E-state index contributed by atoms with van der Waals surface area (Å²) in [4.78, 5) is 15.2. The van der Waals surface area contributed by atoms with Gasteiger partial charge in [-0.25, -0.2) is 0 Å². The summed E-state index contributed by atoms with van der Waals surface area (Å²) in [6.07, 6.45) is 0.942. The van der Waals surface area contributed by atoms with E-state index in [1.165, 1.54) is 5.56 Å². The van der Waals surface area contributed by atoms with E-state index in [9.17, 15) is 10.1 Å². The number of aryl methyl sites for hydroxylation is 1. The Hall–Kier alpha value is -3.32. The van der Waals surface area contributed by atoms with Crippen molar-refractivity contribution >= 4 is 0 Å². The number of rotatable bonds is 4. The van der Waals surface area contributed by atoms with Gasteiger partial charge in [-0.1, -0.05) is 31.2 Å². The van der Waals surface area contributed by atoms with E-state index in [1.807, 2.05) is 60.7 Å². The number of nitrogens with zero attached hydrogens (tertiary/aromatic N) is 1. The Morgan fingerprint density at radius 2 is 1.68 bits per heavy atom. The van der Waals surface area contributed by atoms with Crippen LogP contribution in [0.25, 0.3) is 22.4 Å². The number of nitriles is 1. The number of pyridine rings is 1. The molecule has 0 radical (unpaired) electrons. The van der Waals surface area contributed by atoms with E-state index < -0.39 is 0 Å². The lowest BCUT2D eigenvalue weighted by Gasteiger charge is -2.09. The summed E-state index contributed by atoms with van der Waals surface area (Å²) in [6, 6.07) is 19.2. The zero-order chi connectivity index (χ0) is 17.8. The van der Waals surface area contributed by atoms with Crippen molar-refractivity contribution in [2.45, 2.75) is 13.3 Å². The van der Waals surface area contributed by atoms with Crippen molar-refractivity contribution in [1.29, 1.82) is 5.26 Å². The Labute approximate surface area is 146 Å². The number of benzene rings is 2. The molecule has 0 fully saturated rings. The lowest BCUT2D eigenvalue weighted by Crippen LogP contribution is -2.12. The van der Waals surface area contributed by atoms with Crippen LogP contribution in [-0.4, -0.2) is 12.1 Å². The van der Waals surface area contributed by atoms with Crippen LogP contribution in [0, 0.1) is 11.3 Å². The molecule has 4 heteroatoms. The van der Waals surface area contributed by atoms with Crippen LogP contribution < -0.4 is 10.3 Å². The van der Waals surface area contributed by atoms with Gasteiger partial charge in [0.05, 0.1) is 7.11 Å². The highest BCUT2D eigenvalue weighted by Gasteiger charge is 2.12. The zero-order valence-electron chi connectivity index (χ0n) is 14.2. The smallest absolute Gasteiger partial charge is 0.266 e. The normalized spacial score (nSPS) is 10.3. The largest absolute Gasteiger partial charge is 0.497 e. The van der Waals surface area contributed by atoms with Gasteiger partial charge in [-0.2, -0.15) is 5.26 Å². The first-order chi connectivity index (χ1) is 12.2. The highest BCUT2D eigenvalue weighted by molar-refractivity contribution is 5.75. The van der Waals surface area contributed by atoms with Crippen LogP contribution in [0.1, 0.15) is 18.1 Å². The number of methoxy groups -OCH3 is 1. The van der Waals surface area contributed by atoms with Crippen LogP contribution in [0.5, 0.6) is 5.75 Å². The number of H-pyrrole nitrogens is 1. The minimum Gasteiger partial charge on any atom is -0.497 e. The van der Waals surface area contributed by atoms with Crippen LogP contribution in [0.15, 0.2) is 59.4 Å². The maximum absolute atomic E-state index is 12.4. The Bertz CT molecular complexity index is 978. The Kier molecular flexibility index (Phi) is 4.67. The molecule has 0 saturated carbocycles. The summed E-state index contributed by atoms with van der Waals surface area (Å²) in [5.41, 5.74) is 3.97. The van der Waals surface area contributed by atoms with E-state index in [0.29, 0.717) is 11.3 Å². The standard InChI is InChI=1S/C21H18N2O2/c1-3-14-4-6-15(7-5-14)18-12-20(23-21(24)19(18)13-22)16-8-10-17(25-2)11-9-16/h4-12H,3H2,1-2H3,(H,23,24). The first-order valence-corrected chi connectivity index (χ1v) is 8.07. The summed E-state index contributed by atoms with van der Waals surface area (Å²) in [6.45, 7) is 2.09. The summed E-state index contributed by atoms with van der Waals surface area (Å²) in [7, 11) is 1.61. The third kappa shape index (κ3) is 3.31. The van der Waals surface area contributed by atoms with Gasteiger partial charge in [-0.05, 0) is 53.4 Å². The molecule has 0 aliphatic carbocycles. The third-order valence-corrected chi connectivity index (χ3v) is 4.22. The minimum atomic E-state index is -0.384. The summed E-state index contributed by atoms with van der Waals surface area (Å²) in [5.74, 6) is 0.745. The summed E-state index contributed by atoms with van der Waals surface area (Å²) in [5, 5.41) is 9.40. The van der Waals surface area contributed by atoms with E-state index in [4.69, 9.17) is 4.74 Å². The molecule has 0 bridgehead atoms. The van der Waals surface area contributed by atoms with Crippen LogP contribution in [0.4, 0.5) is 0 Å². The molecule has 0 saturated heterocycles. The molecule has 3 rings (SSSR count). The fourth-order valence-electron chi connectivity index (χ4n) is 2.74. The topological polar surface area (TPSA) is 65.9 Å². The number of ether oxygens (including phenoxy) is 1. The van der Waals surface area contributed by atoms with Gasteiger partial charge in [0.1, 0.15) is 17.4 Å². The Morgan fingerprint density at radius 3 is 2.24 bits per heavy atom. The van der Waals surface area contributed by atoms with E-state index in [2.05, 4.69) is 11.9 Å². The molecule has 1 N–H and O–H groups in total. The second-order valence-corrected chi connectivity index (χ2v) is 5.69.